The Morgan fingerprint density at radius 2 is 1.38 bits per heavy atom. The van der Waals surface area contributed by atoms with Gasteiger partial charge in [0, 0.05) is 28.7 Å². The van der Waals surface area contributed by atoms with Gasteiger partial charge in [0.1, 0.15) is 17.4 Å². The molecule has 0 bridgehead atoms. The van der Waals surface area contributed by atoms with Crippen LogP contribution < -0.4 is 16.3 Å². The number of hydrazine groups is 1. The fourth-order valence-corrected chi connectivity index (χ4v) is 3.62. The fourth-order valence-electron chi connectivity index (χ4n) is 3.62. The van der Waals surface area contributed by atoms with Crippen molar-refractivity contribution in [2.24, 2.45) is 5.10 Å². The first-order chi connectivity index (χ1) is 16.3. The van der Waals surface area contributed by atoms with Crippen LogP contribution in [0.25, 0.3) is 0 Å². The summed E-state index contributed by atoms with van der Waals surface area (Å²) < 4.78 is 31.8. The Balaban J connectivity index is 1.47. The number of benzene rings is 2. The van der Waals surface area contributed by atoms with Crippen molar-refractivity contribution >= 4 is 23.4 Å². The molecule has 0 spiro atoms. The van der Waals surface area contributed by atoms with Gasteiger partial charge in [-0.05, 0) is 68.3 Å². The summed E-state index contributed by atoms with van der Waals surface area (Å²) in [5.74, 6) is -2.16. The van der Waals surface area contributed by atoms with Crippen LogP contribution in [0.3, 0.4) is 0 Å². The molecule has 3 N–H and O–H groups in total. The number of rotatable bonds is 4. The van der Waals surface area contributed by atoms with Crippen molar-refractivity contribution < 1.29 is 27.6 Å². The Kier molecular flexibility index (Phi) is 6.48. The van der Waals surface area contributed by atoms with E-state index in [-0.39, 0.29) is 16.9 Å². The Hall–Kier alpha value is -4.34. The number of hydrogen-bond acceptors (Lipinski definition) is 5. The molecule has 0 saturated heterocycles. The second-order valence-electron chi connectivity index (χ2n) is 7.63. The highest BCUT2D eigenvalue weighted by atomic mass is 19.1. The third-order valence-corrected chi connectivity index (χ3v) is 5.33. The number of aryl methyl sites for hydroxylation is 1. The van der Waals surface area contributed by atoms with Gasteiger partial charge in [-0.3, -0.25) is 25.2 Å². The minimum atomic E-state index is -0.669. The van der Waals surface area contributed by atoms with E-state index in [4.69, 9.17) is 4.42 Å². The fraction of sp³-hybridized carbons (Fsp3) is 0.167. The van der Waals surface area contributed by atoms with Crippen LogP contribution in [0.15, 0.2) is 58.0 Å². The van der Waals surface area contributed by atoms with Crippen LogP contribution in [0.5, 0.6) is 0 Å². The van der Waals surface area contributed by atoms with Crippen LogP contribution >= 0.6 is 0 Å². The van der Waals surface area contributed by atoms with E-state index in [1.807, 2.05) is 0 Å². The molecule has 3 aromatic rings. The van der Waals surface area contributed by atoms with Gasteiger partial charge >= 0.3 is 5.91 Å². The predicted octanol–water partition coefficient (Wildman–Crippen LogP) is 3.41. The number of halogens is 2. The van der Waals surface area contributed by atoms with Crippen molar-refractivity contribution in [3.05, 3.63) is 93.9 Å². The lowest BCUT2D eigenvalue weighted by Crippen LogP contribution is -2.41. The smallest absolute Gasteiger partial charge is 0.305 e. The summed E-state index contributed by atoms with van der Waals surface area (Å²) in [4.78, 5) is 37.1. The standard InChI is InChI=1S/C24H20F2N4O4/c1-13-20-18(27-28-22(31)14-5-9-16(25)10-6-14)3-2-4-19(20)34-21(13)24(33)30-29-23(32)15-7-11-17(26)12-8-15/h5-12H,2-4H2,1H3,(H,28,31)(H,29,32)(H,30,33)/b27-18+. The molecule has 0 unspecified atom stereocenters. The number of hydrogen-bond donors (Lipinski definition) is 3. The summed E-state index contributed by atoms with van der Waals surface area (Å²) >= 11 is 0. The van der Waals surface area contributed by atoms with Gasteiger partial charge < -0.3 is 4.42 Å². The number of nitrogens with zero attached hydrogens (tertiary/aromatic N) is 1. The molecule has 3 amide bonds. The maximum Gasteiger partial charge on any atom is 0.305 e. The van der Waals surface area contributed by atoms with Gasteiger partial charge in [-0.15, -0.1) is 0 Å². The summed E-state index contributed by atoms with van der Waals surface area (Å²) in [5.41, 5.74) is 9.12. The Labute approximate surface area is 193 Å². The molecule has 0 saturated carbocycles. The monoisotopic (exact) mass is 466 g/mol. The third-order valence-electron chi connectivity index (χ3n) is 5.33. The first kappa shape index (κ1) is 22.8. The second kappa shape index (κ2) is 9.65. The molecule has 10 heteroatoms. The molecule has 34 heavy (non-hydrogen) atoms. The minimum absolute atomic E-state index is 0.00358. The average molecular weight is 466 g/mol. The summed E-state index contributed by atoms with van der Waals surface area (Å²) in [6.45, 7) is 1.68. The number of nitrogens with one attached hydrogen (secondary N) is 3. The summed E-state index contributed by atoms with van der Waals surface area (Å²) in [7, 11) is 0. The van der Waals surface area contributed by atoms with Crippen LogP contribution in [0.4, 0.5) is 8.78 Å². The van der Waals surface area contributed by atoms with Crippen molar-refractivity contribution in [1.82, 2.24) is 16.3 Å². The summed E-state index contributed by atoms with van der Waals surface area (Å²) in [6, 6.07) is 9.91. The number of carbonyl (C=O) groups excluding carboxylic acids is 3. The van der Waals surface area contributed by atoms with Crippen molar-refractivity contribution in [2.75, 3.05) is 0 Å². The number of fused-ring (bicyclic) bond motifs is 1. The number of amides is 3. The summed E-state index contributed by atoms with van der Waals surface area (Å²) in [5, 5.41) is 4.21. The Morgan fingerprint density at radius 1 is 0.824 bits per heavy atom. The van der Waals surface area contributed by atoms with Crippen LogP contribution in [0.2, 0.25) is 0 Å². The second-order valence-corrected chi connectivity index (χ2v) is 7.63. The average Bonchev–Trinajstić information content (AvgIpc) is 3.18. The number of furan rings is 1. The molecule has 1 heterocycles. The zero-order chi connectivity index (χ0) is 24.2. The summed E-state index contributed by atoms with van der Waals surface area (Å²) in [6.07, 6.45) is 1.84. The highest BCUT2D eigenvalue weighted by Crippen LogP contribution is 2.29. The Morgan fingerprint density at radius 3 is 2.00 bits per heavy atom. The molecule has 0 fully saturated rings. The van der Waals surface area contributed by atoms with E-state index in [2.05, 4.69) is 21.4 Å². The third kappa shape index (κ3) is 4.85. The van der Waals surface area contributed by atoms with Gasteiger partial charge in [0.25, 0.3) is 11.8 Å². The molecule has 1 aliphatic carbocycles. The van der Waals surface area contributed by atoms with E-state index >= 15 is 0 Å². The van der Waals surface area contributed by atoms with Crippen LogP contribution in [-0.4, -0.2) is 23.4 Å². The van der Waals surface area contributed by atoms with E-state index in [0.29, 0.717) is 41.9 Å². The van der Waals surface area contributed by atoms with E-state index < -0.39 is 29.4 Å². The van der Waals surface area contributed by atoms with Crippen molar-refractivity contribution in [3.8, 4) is 0 Å². The molecule has 2 aromatic carbocycles. The molecule has 174 valence electrons. The van der Waals surface area contributed by atoms with Gasteiger partial charge in [-0.25, -0.2) is 14.2 Å². The van der Waals surface area contributed by atoms with Crippen LogP contribution in [-0.2, 0) is 6.42 Å². The molecule has 0 aliphatic heterocycles. The van der Waals surface area contributed by atoms with Crippen molar-refractivity contribution in [3.63, 3.8) is 0 Å². The zero-order valence-electron chi connectivity index (χ0n) is 18.1. The number of carbonyl (C=O) groups is 3. The van der Waals surface area contributed by atoms with Gasteiger partial charge in [-0.2, -0.15) is 5.10 Å². The molecular weight excluding hydrogens is 446 g/mol. The van der Waals surface area contributed by atoms with E-state index in [1.165, 1.54) is 36.4 Å². The lowest BCUT2D eigenvalue weighted by molar-refractivity contribution is 0.0829. The largest absolute Gasteiger partial charge is 0.455 e. The maximum atomic E-state index is 13.1. The zero-order valence-corrected chi connectivity index (χ0v) is 18.1. The Bertz CT molecular complexity index is 1280. The van der Waals surface area contributed by atoms with Crippen molar-refractivity contribution in [1.29, 1.82) is 0 Å². The van der Waals surface area contributed by atoms with E-state index in [1.54, 1.807) is 6.92 Å². The van der Waals surface area contributed by atoms with E-state index in [0.717, 1.165) is 12.1 Å². The predicted molar refractivity (Wildman–Crippen MR) is 118 cm³/mol. The van der Waals surface area contributed by atoms with Crippen LogP contribution in [0, 0.1) is 18.6 Å². The highest BCUT2D eigenvalue weighted by Gasteiger charge is 2.28. The molecule has 4 rings (SSSR count). The maximum absolute atomic E-state index is 13.1. The normalized spacial score (nSPS) is 13.8. The first-order valence-electron chi connectivity index (χ1n) is 10.4. The SMILES string of the molecule is Cc1c(C(=O)NNC(=O)c2ccc(F)cc2)oc2c1/C(=N/NC(=O)c1ccc(F)cc1)CCC2. The molecule has 1 aliphatic rings. The first-order valence-corrected chi connectivity index (χ1v) is 10.4. The van der Waals surface area contributed by atoms with Crippen molar-refractivity contribution in [2.45, 2.75) is 26.2 Å². The quantitative estimate of drug-likeness (QED) is 0.512. The molecular formula is C24H20F2N4O4. The van der Waals surface area contributed by atoms with Gasteiger partial charge in [0.2, 0.25) is 0 Å². The molecule has 8 nitrogen and oxygen atoms in total. The van der Waals surface area contributed by atoms with Gasteiger partial charge in [-0.1, -0.05) is 0 Å². The topological polar surface area (TPSA) is 113 Å². The van der Waals surface area contributed by atoms with Gasteiger partial charge in [0.15, 0.2) is 5.76 Å². The lowest BCUT2D eigenvalue weighted by Gasteiger charge is -2.13. The lowest BCUT2D eigenvalue weighted by atomic mass is 9.93. The highest BCUT2D eigenvalue weighted by molar-refractivity contribution is 6.07. The molecule has 0 atom stereocenters. The van der Waals surface area contributed by atoms with Crippen LogP contribution in [0.1, 0.15) is 61.0 Å². The van der Waals surface area contributed by atoms with Gasteiger partial charge in [0.05, 0.1) is 5.71 Å². The minimum Gasteiger partial charge on any atom is -0.455 e. The van der Waals surface area contributed by atoms with E-state index in [9.17, 15) is 23.2 Å². The number of hydrazone groups is 1. The molecule has 1 aromatic heterocycles. The molecule has 0 radical (unpaired) electrons.